The highest BCUT2D eigenvalue weighted by molar-refractivity contribution is 7.89. The topological polar surface area (TPSA) is 84.5 Å². The molecule has 1 amide bonds. The molecule has 0 saturated carbocycles. The Kier molecular flexibility index (Phi) is 6.77. The number of carbonyl (C=O) groups is 1. The average molecular weight is 445 g/mol. The van der Waals surface area contributed by atoms with E-state index in [9.17, 15) is 13.2 Å². The lowest BCUT2D eigenvalue weighted by Gasteiger charge is -2.16. The number of carbonyl (C=O) groups excluding carboxylic acids is 1. The Labute approximate surface area is 180 Å². The summed E-state index contributed by atoms with van der Waals surface area (Å²) in [6.07, 6.45) is 0. The third-order valence-electron chi connectivity index (χ3n) is 4.45. The van der Waals surface area contributed by atoms with Gasteiger partial charge in [0.1, 0.15) is 5.75 Å². The average Bonchev–Trinajstić information content (AvgIpc) is 2.74. The van der Waals surface area contributed by atoms with Crippen molar-refractivity contribution in [3.05, 3.63) is 88.9 Å². The van der Waals surface area contributed by atoms with Crippen molar-refractivity contribution in [2.24, 2.45) is 0 Å². The van der Waals surface area contributed by atoms with Crippen LogP contribution in [0.3, 0.4) is 0 Å². The highest BCUT2D eigenvalue weighted by Gasteiger charge is 2.21. The van der Waals surface area contributed by atoms with Crippen molar-refractivity contribution in [3.63, 3.8) is 0 Å². The van der Waals surface area contributed by atoms with Crippen molar-refractivity contribution in [3.8, 4) is 5.75 Å². The quantitative estimate of drug-likeness (QED) is 0.556. The van der Waals surface area contributed by atoms with Crippen molar-refractivity contribution in [1.82, 2.24) is 4.72 Å². The van der Waals surface area contributed by atoms with Gasteiger partial charge in [0.2, 0.25) is 10.0 Å². The lowest BCUT2D eigenvalue weighted by molar-refractivity contribution is 0.102. The molecular weight excluding hydrogens is 424 g/mol. The van der Waals surface area contributed by atoms with Crippen molar-refractivity contribution in [1.29, 1.82) is 0 Å². The highest BCUT2D eigenvalue weighted by atomic mass is 35.5. The van der Waals surface area contributed by atoms with Gasteiger partial charge in [-0.3, -0.25) is 4.79 Å². The molecule has 0 bridgehead atoms. The Hall–Kier alpha value is -2.87. The number of hydrogen-bond donors (Lipinski definition) is 2. The highest BCUT2D eigenvalue weighted by Crippen LogP contribution is 2.29. The number of anilines is 1. The summed E-state index contributed by atoms with van der Waals surface area (Å²) >= 11 is 5.94. The predicted octanol–water partition coefficient (Wildman–Crippen LogP) is 4.64. The van der Waals surface area contributed by atoms with E-state index in [-0.39, 0.29) is 10.6 Å². The van der Waals surface area contributed by atoms with Gasteiger partial charge in [-0.15, -0.1) is 0 Å². The normalized spacial score (nSPS) is 12.2. The van der Waals surface area contributed by atoms with Crippen LogP contribution in [0.4, 0.5) is 5.69 Å². The summed E-state index contributed by atoms with van der Waals surface area (Å²) in [7, 11) is -2.40. The fraction of sp³-hybridized carbons (Fsp3) is 0.136. The number of hydrogen-bond acceptors (Lipinski definition) is 4. The molecule has 2 N–H and O–H groups in total. The van der Waals surface area contributed by atoms with Gasteiger partial charge in [0.25, 0.3) is 5.91 Å². The summed E-state index contributed by atoms with van der Waals surface area (Å²) in [6, 6.07) is 19.5. The Morgan fingerprint density at radius 2 is 1.73 bits per heavy atom. The van der Waals surface area contributed by atoms with Crippen LogP contribution in [0.5, 0.6) is 5.75 Å². The SMILES string of the molecule is COc1ccc(S(=O)(=O)N[C@H](C)c2ccccc2)cc1NC(=O)c1cccc(Cl)c1. The van der Waals surface area contributed by atoms with Gasteiger partial charge >= 0.3 is 0 Å². The van der Waals surface area contributed by atoms with Crippen LogP contribution in [0.15, 0.2) is 77.7 Å². The molecule has 6 nitrogen and oxygen atoms in total. The number of ether oxygens (including phenoxy) is 1. The van der Waals surface area contributed by atoms with Crippen LogP contribution in [-0.2, 0) is 10.0 Å². The first-order valence-corrected chi connectivity index (χ1v) is 11.0. The van der Waals surface area contributed by atoms with E-state index in [1.54, 1.807) is 25.1 Å². The summed E-state index contributed by atoms with van der Waals surface area (Å²) in [5.41, 5.74) is 1.41. The largest absolute Gasteiger partial charge is 0.495 e. The molecule has 1 atom stereocenters. The Morgan fingerprint density at radius 3 is 2.40 bits per heavy atom. The van der Waals surface area contributed by atoms with Gasteiger partial charge in [0.05, 0.1) is 17.7 Å². The molecule has 3 aromatic carbocycles. The first-order chi connectivity index (χ1) is 14.3. The van der Waals surface area contributed by atoms with Crippen molar-refractivity contribution < 1.29 is 17.9 Å². The van der Waals surface area contributed by atoms with Crippen LogP contribution in [0, 0.1) is 0 Å². The monoisotopic (exact) mass is 444 g/mol. The fourth-order valence-electron chi connectivity index (χ4n) is 2.89. The lowest BCUT2D eigenvalue weighted by Crippen LogP contribution is -2.27. The maximum Gasteiger partial charge on any atom is 0.255 e. The predicted molar refractivity (Wildman–Crippen MR) is 118 cm³/mol. The van der Waals surface area contributed by atoms with Crippen LogP contribution in [0.25, 0.3) is 0 Å². The van der Waals surface area contributed by atoms with Crippen LogP contribution >= 0.6 is 11.6 Å². The molecule has 3 rings (SSSR count). The Bertz CT molecular complexity index is 1150. The van der Waals surface area contributed by atoms with Crippen LogP contribution in [-0.4, -0.2) is 21.4 Å². The van der Waals surface area contributed by atoms with Gasteiger partial charge in [-0.05, 0) is 48.9 Å². The number of amides is 1. The van der Waals surface area contributed by atoms with Crippen LogP contribution in [0.1, 0.15) is 28.9 Å². The molecule has 30 heavy (non-hydrogen) atoms. The molecule has 0 aromatic heterocycles. The molecule has 8 heteroatoms. The van der Waals surface area contributed by atoms with E-state index in [1.807, 2.05) is 30.3 Å². The van der Waals surface area contributed by atoms with E-state index >= 15 is 0 Å². The summed E-state index contributed by atoms with van der Waals surface area (Å²) in [4.78, 5) is 12.6. The number of halogens is 1. The molecule has 0 aliphatic heterocycles. The third-order valence-corrected chi connectivity index (χ3v) is 6.22. The zero-order chi connectivity index (χ0) is 21.7. The second kappa shape index (κ2) is 9.30. The van der Waals surface area contributed by atoms with E-state index in [4.69, 9.17) is 16.3 Å². The van der Waals surface area contributed by atoms with Gasteiger partial charge in [-0.1, -0.05) is 48.0 Å². The molecular formula is C22H21ClN2O4S. The molecule has 0 radical (unpaired) electrons. The number of sulfonamides is 1. The smallest absolute Gasteiger partial charge is 0.255 e. The molecule has 0 saturated heterocycles. The second-order valence-corrected chi connectivity index (χ2v) is 8.73. The van der Waals surface area contributed by atoms with E-state index in [0.717, 1.165) is 5.56 Å². The van der Waals surface area contributed by atoms with Gasteiger partial charge in [-0.25, -0.2) is 13.1 Å². The molecule has 0 fully saturated rings. The number of benzene rings is 3. The molecule has 0 unspecified atom stereocenters. The zero-order valence-electron chi connectivity index (χ0n) is 16.4. The lowest BCUT2D eigenvalue weighted by atomic mass is 10.1. The van der Waals surface area contributed by atoms with E-state index in [1.165, 1.54) is 31.4 Å². The second-order valence-electron chi connectivity index (χ2n) is 6.58. The first-order valence-electron chi connectivity index (χ1n) is 9.12. The third kappa shape index (κ3) is 5.18. The van der Waals surface area contributed by atoms with E-state index in [0.29, 0.717) is 16.3 Å². The molecule has 0 aliphatic carbocycles. The maximum atomic E-state index is 12.9. The molecule has 3 aromatic rings. The molecule has 0 aliphatic rings. The van der Waals surface area contributed by atoms with Gasteiger partial charge in [0.15, 0.2) is 0 Å². The Morgan fingerprint density at radius 1 is 1.00 bits per heavy atom. The fourth-order valence-corrected chi connectivity index (χ4v) is 4.33. The Balaban J connectivity index is 1.87. The summed E-state index contributed by atoms with van der Waals surface area (Å²) in [6.45, 7) is 1.76. The molecule has 0 heterocycles. The minimum Gasteiger partial charge on any atom is -0.495 e. The standard InChI is InChI=1S/C22H21ClN2O4S/c1-15(16-7-4-3-5-8-16)25-30(27,28)19-11-12-21(29-2)20(14-19)24-22(26)17-9-6-10-18(23)13-17/h3-15,25H,1-2H3,(H,24,26)/t15-/m1/s1. The van der Waals surface area contributed by atoms with E-state index in [2.05, 4.69) is 10.0 Å². The minimum atomic E-state index is -3.84. The summed E-state index contributed by atoms with van der Waals surface area (Å²) < 4.78 is 33.7. The van der Waals surface area contributed by atoms with Gasteiger partial charge in [-0.2, -0.15) is 0 Å². The molecule has 0 spiro atoms. The van der Waals surface area contributed by atoms with Crippen LogP contribution in [0.2, 0.25) is 5.02 Å². The number of rotatable bonds is 7. The number of methoxy groups -OCH3 is 1. The minimum absolute atomic E-state index is 0.00692. The maximum absolute atomic E-state index is 12.9. The van der Waals surface area contributed by atoms with Crippen molar-refractivity contribution in [2.75, 3.05) is 12.4 Å². The number of nitrogens with one attached hydrogen (secondary N) is 2. The van der Waals surface area contributed by atoms with Gasteiger partial charge < -0.3 is 10.1 Å². The first kappa shape index (κ1) is 21.8. The van der Waals surface area contributed by atoms with Crippen LogP contribution < -0.4 is 14.8 Å². The summed E-state index contributed by atoms with van der Waals surface area (Å²) in [5.74, 6) is -0.101. The van der Waals surface area contributed by atoms with Gasteiger partial charge in [0, 0.05) is 16.6 Å². The zero-order valence-corrected chi connectivity index (χ0v) is 18.0. The van der Waals surface area contributed by atoms with E-state index < -0.39 is 22.0 Å². The summed E-state index contributed by atoms with van der Waals surface area (Å²) in [5, 5.41) is 3.11. The van der Waals surface area contributed by atoms with Crippen molar-refractivity contribution in [2.45, 2.75) is 17.9 Å². The van der Waals surface area contributed by atoms with Crippen molar-refractivity contribution >= 4 is 33.2 Å². The molecule has 156 valence electrons.